The number of hydrogen-bond acceptors (Lipinski definition) is 4. The van der Waals surface area contributed by atoms with Gasteiger partial charge in [0.25, 0.3) is 0 Å². The summed E-state index contributed by atoms with van der Waals surface area (Å²) in [5, 5.41) is 6.81. The number of carbonyl (C=O) groups excluding carboxylic acids is 1. The van der Waals surface area contributed by atoms with Crippen LogP contribution < -0.4 is 15.4 Å². The number of para-hydroxylation sites is 1. The molecule has 6 heteroatoms. The molecule has 1 aromatic heterocycles. The summed E-state index contributed by atoms with van der Waals surface area (Å²) in [6, 6.07) is 9.65. The van der Waals surface area contributed by atoms with Crippen molar-refractivity contribution in [3.05, 3.63) is 46.4 Å². The van der Waals surface area contributed by atoms with E-state index >= 15 is 0 Å². The number of amides is 2. The van der Waals surface area contributed by atoms with E-state index in [2.05, 4.69) is 15.6 Å². The van der Waals surface area contributed by atoms with Crippen molar-refractivity contribution < 1.29 is 9.53 Å². The molecule has 0 aliphatic heterocycles. The van der Waals surface area contributed by atoms with Gasteiger partial charge in [0.15, 0.2) is 0 Å². The SMILES string of the molecule is Cc1cnc(CNC(=O)N[C@H]2CCC[C@@H]2Oc2ccccc2)s1. The molecule has 2 aromatic rings. The van der Waals surface area contributed by atoms with Crippen LogP contribution in [-0.2, 0) is 6.54 Å². The van der Waals surface area contributed by atoms with Gasteiger partial charge < -0.3 is 15.4 Å². The molecule has 23 heavy (non-hydrogen) atoms. The lowest BCUT2D eigenvalue weighted by atomic mass is 10.2. The Balaban J connectivity index is 1.48. The number of carbonyl (C=O) groups is 1. The van der Waals surface area contributed by atoms with E-state index in [0.717, 1.165) is 34.9 Å². The largest absolute Gasteiger partial charge is 0.488 e. The second-order valence-electron chi connectivity index (χ2n) is 5.70. The number of rotatable bonds is 5. The Morgan fingerprint density at radius 2 is 2.17 bits per heavy atom. The Morgan fingerprint density at radius 3 is 2.91 bits per heavy atom. The molecule has 1 aromatic carbocycles. The quantitative estimate of drug-likeness (QED) is 0.884. The topological polar surface area (TPSA) is 63.2 Å². The number of ether oxygens (including phenoxy) is 1. The summed E-state index contributed by atoms with van der Waals surface area (Å²) >= 11 is 1.60. The highest BCUT2D eigenvalue weighted by atomic mass is 32.1. The fraction of sp³-hybridized carbons (Fsp3) is 0.412. The van der Waals surface area contributed by atoms with Gasteiger partial charge >= 0.3 is 6.03 Å². The predicted molar refractivity (Wildman–Crippen MR) is 90.7 cm³/mol. The Labute approximate surface area is 140 Å². The zero-order valence-electron chi connectivity index (χ0n) is 13.1. The van der Waals surface area contributed by atoms with Crippen LogP contribution in [0.5, 0.6) is 5.75 Å². The minimum Gasteiger partial charge on any atom is -0.488 e. The summed E-state index contributed by atoms with van der Waals surface area (Å²) in [5.74, 6) is 0.852. The molecule has 3 rings (SSSR count). The van der Waals surface area contributed by atoms with E-state index in [9.17, 15) is 4.79 Å². The van der Waals surface area contributed by atoms with E-state index in [4.69, 9.17) is 4.74 Å². The summed E-state index contributed by atoms with van der Waals surface area (Å²) in [4.78, 5) is 17.5. The number of hydrogen-bond donors (Lipinski definition) is 2. The van der Waals surface area contributed by atoms with Crippen molar-refractivity contribution in [2.45, 2.75) is 44.9 Å². The van der Waals surface area contributed by atoms with Crippen molar-refractivity contribution in [2.75, 3.05) is 0 Å². The molecule has 1 aliphatic carbocycles. The summed E-state index contributed by atoms with van der Waals surface area (Å²) in [7, 11) is 0. The standard InChI is InChI=1S/C17H21N3O2S/c1-12-10-18-16(23-12)11-19-17(21)20-14-8-5-9-15(14)22-13-6-3-2-4-7-13/h2-4,6-7,10,14-15H,5,8-9,11H2,1H3,(H2,19,20,21)/t14-,15-/m0/s1. The maximum absolute atomic E-state index is 12.1. The van der Waals surface area contributed by atoms with Crippen molar-refractivity contribution >= 4 is 17.4 Å². The van der Waals surface area contributed by atoms with Gasteiger partial charge in [0.1, 0.15) is 16.9 Å². The van der Waals surface area contributed by atoms with E-state index in [1.165, 1.54) is 0 Å². The van der Waals surface area contributed by atoms with Crippen LogP contribution in [0.25, 0.3) is 0 Å². The number of benzene rings is 1. The second kappa shape index (κ2) is 7.46. The molecule has 1 saturated carbocycles. The van der Waals surface area contributed by atoms with Crippen molar-refractivity contribution in [2.24, 2.45) is 0 Å². The Hall–Kier alpha value is -2.08. The lowest BCUT2D eigenvalue weighted by Crippen LogP contribution is -2.46. The first kappa shape index (κ1) is 15.8. The minimum atomic E-state index is -0.161. The highest BCUT2D eigenvalue weighted by molar-refractivity contribution is 7.11. The van der Waals surface area contributed by atoms with Gasteiger partial charge in [-0.1, -0.05) is 18.2 Å². The number of nitrogens with one attached hydrogen (secondary N) is 2. The molecule has 0 radical (unpaired) electrons. The van der Waals surface area contributed by atoms with E-state index in [0.29, 0.717) is 6.54 Å². The monoisotopic (exact) mass is 331 g/mol. The molecule has 0 unspecified atom stereocenters. The first-order valence-electron chi connectivity index (χ1n) is 7.88. The zero-order chi connectivity index (χ0) is 16.1. The molecule has 2 amide bonds. The number of urea groups is 1. The third-order valence-electron chi connectivity index (χ3n) is 3.87. The predicted octanol–water partition coefficient (Wildman–Crippen LogP) is 3.25. The van der Waals surface area contributed by atoms with Crippen molar-refractivity contribution in [3.8, 4) is 5.75 Å². The maximum Gasteiger partial charge on any atom is 0.315 e. The van der Waals surface area contributed by atoms with Gasteiger partial charge in [-0.05, 0) is 38.3 Å². The van der Waals surface area contributed by atoms with E-state index in [1.54, 1.807) is 11.3 Å². The molecule has 5 nitrogen and oxygen atoms in total. The van der Waals surface area contributed by atoms with Crippen molar-refractivity contribution in [1.82, 2.24) is 15.6 Å². The first-order chi connectivity index (χ1) is 11.2. The number of aromatic nitrogens is 1. The van der Waals surface area contributed by atoms with E-state index in [1.807, 2.05) is 43.5 Å². The zero-order valence-corrected chi connectivity index (χ0v) is 13.9. The molecule has 0 spiro atoms. The number of aryl methyl sites for hydroxylation is 1. The number of nitrogens with zero attached hydrogens (tertiary/aromatic N) is 1. The fourth-order valence-electron chi connectivity index (χ4n) is 2.76. The van der Waals surface area contributed by atoms with Crippen LogP contribution in [0.15, 0.2) is 36.5 Å². The van der Waals surface area contributed by atoms with Crippen LogP contribution in [0.4, 0.5) is 4.79 Å². The summed E-state index contributed by atoms with van der Waals surface area (Å²) in [5.41, 5.74) is 0. The van der Waals surface area contributed by atoms with Gasteiger partial charge in [0, 0.05) is 11.1 Å². The summed E-state index contributed by atoms with van der Waals surface area (Å²) in [6.07, 6.45) is 4.83. The molecule has 1 fully saturated rings. The highest BCUT2D eigenvalue weighted by Gasteiger charge is 2.30. The third-order valence-corrected chi connectivity index (χ3v) is 4.78. The Kier molecular flexibility index (Phi) is 5.12. The molecule has 0 bridgehead atoms. The molecular weight excluding hydrogens is 310 g/mol. The third kappa shape index (κ3) is 4.45. The van der Waals surface area contributed by atoms with E-state index in [-0.39, 0.29) is 18.2 Å². The summed E-state index contributed by atoms with van der Waals surface area (Å²) < 4.78 is 6.00. The van der Waals surface area contributed by atoms with Crippen LogP contribution in [0.3, 0.4) is 0 Å². The Morgan fingerprint density at radius 1 is 1.35 bits per heavy atom. The van der Waals surface area contributed by atoms with Crippen molar-refractivity contribution in [1.29, 1.82) is 0 Å². The lowest BCUT2D eigenvalue weighted by molar-refractivity contribution is 0.172. The summed E-state index contributed by atoms with van der Waals surface area (Å²) in [6.45, 7) is 2.46. The first-order valence-corrected chi connectivity index (χ1v) is 8.70. The molecular formula is C17H21N3O2S. The average Bonchev–Trinajstić information content (AvgIpc) is 3.16. The fourth-order valence-corrected chi connectivity index (χ4v) is 3.49. The lowest BCUT2D eigenvalue weighted by Gasteiger charge is -2.22. The van der Waals surface area contributed by atoms with E-state index < -0.39 is 0 Å². The van der Waals surface area contributed by atoms with Gasteiger partial charge in [0.05, 0.1) is 12.6 Å². The normalized spacial score (nSPS) is 20.2. The second-order valence-corrected chi connectivity index (χ2v) is 7.02. The van der Waals surface area contributed by atoms with Crippen LogP contribution in [0, 0.1) is 6.92 Å². The van der Waals surface area contributed by atoms with Crippen LogP contribution in [0.1, 0.15) is 29.1 Å². The van der Waals surface area contributed by atoms with Crippen LogP contribution in [0.2, 0.25) is 0 Å². The highest BCUT2D eigenvalue weighted by Crippen LogP contribution is 2.24. The van der Waals surface area contributed by atoms with Crippen LogP contribution in [-0.4, -0.2) is 23.2 Å². The van der Waals surface area contributed by atoms with Gasteiger partial charge in [-0.15, -0.1) is 11.3 Å². The molecule has 122 valence electrons. The maximum atomic E-state index is 12.1. The van der Waals surface area contributed by atoms with Gasteiger partial charge in [0.2, 0.25) is 0 Å². The van der Waals surface area contributed by atoms with Gasteiger partial charge in [-0.3, -0.25) is 0 Å². The van der Waals surface area contributed by atoms with Crippen LogP contribution >= 0.6 is 11.3 Å². The Bertz CT molecular complexity index is 644. The van der Waals surface area contributed by atoms with Gasteiger partial charge in [-0.25, -0.2) is 9.78 Å². The van der Waals surface area contributed by atoms with Crippen molar-refractivity contribution in [3.63, 3.8) is 0 Å². The molecule has 0 saturated heterocycles. The average molecular weight is 331 g/mol. The molecule has 1 heterocycles. The smallest absolute Gasteiger partial charge is 0.315 e. The van der Waals surface area contributed by atoms with Gasteiger partial charge in [-0.2, -0.15) is 0 Å². The number of thiazole rings is 1. The molecule has 2 N–H and O–H groups in total. The minimum absolute atomic E-state index is 0.0326. The molecule has 2 atom stereocenters. The molecule has 1 aliphatic rings.